The molecule has 6 aliphatic heterocycles. The molecule has 0 radical (unpaired) electrons. The Morgan fingerprint density at radius 1 is 0.658 bits per heavy atom. The number of nitro groups is 2. The number of carbonyl (C=O) groups excluding carboxylic acids is 1. The molecule has 3 aromatic carbocycles. The van der Waals surface area contributed by atoms with Crippen LogP contribution < -0.4 is 16.8 Å². The van der Waals surface area contributed by atoms with Crippen LogP contribution in [0.5, 0.6) is 0 Å². The van der Waals surface area contributed by atoms with Gasteiger partial charge in [0.15, 0.2) is 15.5 Å². The minimum absolute atomic E-state index is 0.00381. The van der Waals surface area contributed by atoms with Crippen LogP contribution in [-0.2, 0) is 49.8 Å². The Labute approximate surface area is 450 Å². The van der Waals surface area contributed by atoms with E-state index in [0.717, 1.165) is 36.4 Å². The van der Waals surface area contributed by atoms with E-state index in [1.165, 1.54) is 53.5 Å². The Balaban J connectivity index is 0.000000169. The number of nitrogens with two attached hydrogens (primary N) is 2. The summed E-state index contributed by atoms with van der Waals surface area (Å²) in [6, 6.07) is 13.7. The quantitative estimate of drug-likeness (QED) is 0.122. The van der Waals surface area contributed by atoms with Gasteiger partial charge >= 0.3 is 6.09 Å². The van der Waals surface area contributed by atoms with Crippen molar-refractivity contribution in [2.24, 2.45) is 44.2 Å². The number of nitro benzene ring substituents is 2. The molecule has 3 fully saturated rings. The number of nitrogens with zero attached hydrogens (tertiary/aromatic N) is 5. The first kappa shape index (κ1) is 58.6. The molecule has 1 amide bonds. The molecule has 0 spiro atoms. The molecule has 0 unspecified atom stereocenters. The zero-order chi connectivity index (χ0) is 55.0. The zero-order valence-corrected chi connectivity index (χ0v) is 45.3. The Morgan fingerprint density at radius 2 is 1.05 bits per heavy atom. The average molecular weight is 1120 g/mol. The maximum Gasteiger partial charge on any atom is 0.413 e. The van der Waals surface area contributed by atoms with E-state index in [1.54, 1.807) is 54.2 Å². The summed E-state index contributed by atoms with van der Waals surface area (Å²) in [5.41, 5.74) is 8.56. The molecular weight excluding hydrogens is 1060 g/mol. The van der Waals surface area contributed by atoms with Crippen molar-refractivity contribution in [2.45, 2.75) is 80.6 Å². The van der Waals surface area contributed by atoms with Gasteiger partial charge in [-0.2, -0.15) is 0 Å². The lowest BCUT2D eigenvalue weighted by Crippen LogP contribution is -2.52. The summed E-state index contributed by atoms with van der Waals surface area (Å²) in [4.78, 5) is 47.3. The van der Waals surface area contributed by atoms with Crippen molar-refractivity contribution < 1.29 is 61.0 Å². The lowest BCUT2D eigenvalue weighted by molar-refractivity contribution is -0.385. The minimum atomic E-state index is -1.21. The van der Waals surface area contributed by atoms with Crippen molar-refractivity contribution in [1.82, 2.24) is 5.32 Å². The monoisotopic (exact) mass is 1120 g/mol. The number of thioether (sulfide) groups is 3. The van der Waals surface area contributed by atoms with Gasteiger partial charge in [-0.25, -0.2) is 32.9 Å². The van der Waals surface area contributed by atoms with Crippen LogP contribution in [0.3, 0.4) is 0 Å². The molecule has 9 atom stereocenters. The summed E-state index contributed by atoms with van der Waals surface area (Å²) in [6.07, 6.45) is 1.01. The van der Waals surface area contributed by atoms with Crippen molar-refractivity contribution in [3.63, 3.8) is 0 Å². The summed E-state index contributed by atoms with van der Waals surface area (Å²) in [5, 5.41) is 26.1. The maximum absolute atomic E-state index is 14.9. The van der Waals surface area contributed by atoms with Gasteiger partial charge in [-0.3, -0.25) is 25.5 Å². The molecule has 0 bridgehead atoms. The van der Waals surface area contributed by atoms with Gasteiger partial charge in [0, 0.05) is 97.3 Å². The van der Waals surface area contributed by atoms with Crippen LogP contribution in [0.25, 0.3) is 0 Å². The number of halogens is 3. The number of nitrogens with one attached hydrogen (secondary N) is 1. The number of amides is 1. The number of benzene rings is 3. The summed E-state index contributed by atoms with van der Waals surface area (Å²) >= 11 is 4.26. The number of non-ortho nitro benzene ring substituents is 2. The number of hydrogen-bond donors (Lipinski definition) is 3. The van der Waals surface area contributed by atoms with Gasteiger partial charge in [0.05, 0.1) is 67.8 Å². The molecule has 0 aliphatic carbocycles. The van der Waals surface area contributed by atoms with Gasteiger partial charge in [-0.05, 0) is 58.2 Å². The molecule has 6 aliphatic rings. The highest BCUT2D eigenvalue weighted by Crippen LogP contribution is 2.50. The van der Waals surface area contributed by atoms with E-state index in [-0.39, 0.29) is 82.8 Å². The topological polar surface area (TPSA) is 269 Å². The van der Waals surface area contributed by atoms with Crippen LogP contribution >= 0.6 is 35.3 Å². The third-order valence-corrected chi connectivity index (χ3v) is 16.7. The molecule has 6 heterocycles. The predicted molar refractivity (Wildman–Crippen MR) is 284 cm³/mol. The number of carbonyl (C=O) groups is 1. The van der Waals surface area contributed by atoms with Gasteiger partial charge in [0.25, 0.3) is 11.4 Å². The van der Waals surface area contributed by atoms with E-state index in [0.29, 0.717) is 66.7 Å². The highest BCUT2D eigenvalue weighted by atomic mass is 32.2. The average Bonchev–Trinajstić information content (AvgIpc) is 3.41. The number of alkyl carbamates (subject to hydrolysis) is 1. The molecule has 0 aromatic heterocycles. The number of hydrogen-bond acceptors (Lipinski definition) is 20. The van der Waals surface area contributed by atoms with Crippen LogP contribution in [0.2, 0.25) is 0 Å². The van der Waals surface area contributed by atoms with Gasteiger partial charge in [-0.1, -0.05) is 53.5 Å². The smallest absolute Gasteiger partial charge is 0.413 e. The highest BCUT2D eigenvalue weighted by molar-refractivity contribution is 8.14. The fourth-order valence-electron chi connectivity index (χ4n) is 10.2. The summed E-state index contributed by atoms with van der Waals surface area (Å²) in [7, 11) is 4.83. The lowest BCUT2D eigenvalue weighted by Gasteiger charge is -2.46. The van der Waals surface area contributed by atoms with Crippen molar-refractivity contribution >= 4 is 68.3 Å². The number of rotatable bonds is 11. The van der Waals surface area contributed by atoms with Gasteiger partial charge < -0.3 is 44.6 Å². The molecule has 20 nitrogen and oxygen atoms in total. The van der Waals surface area contributed by atoms with Crippen LogP contribution in [0.15, 0.2) is 75.6 Å². The Hall–Kier alpha value is -5.06. The largest absolute Gasteiger partial charge is 0.444 e. The van der Waals surface area contributed by atoms with Crippen LogP contribution in [0, 0.1) is 55.4 Å². The van der Waals surface area contributed by atoms with E-state index >= 15 is 0 Å². The maximum atomic E-state index is 14.9. The SMILES string of the molecule is COC[C@H]1C[C@H]2CSC(N)=N[C@@]2(c2cc([N+](=O)[O-])ccc2F)CO1.COC[C@H]1C[C@H]2CSC(N)=N[C@@]2(c2ccccc2F)CO1.COC[C@H]1C[C@H]2CSC(NC(=O)OC(C)(C)C)=N[C@@]2(c2cc([N+](=O)[O-])ccc2F)CO1. The van der Waals surface area contributed by atoms with E-state index in [1.807, 2.05) is 6.07 Å². The van der Waals surface area contributed by atoms with Crippen molar-refractivity contribution in [3.8, 4) is 0 Å². The van der Waals surface area contributed by atoms with Gasteiger partial charge in [-0.15, -0.1) is 0 Å². The van der Waals surface area contributed by atoms with Crippen molar-refractivity contribution in [1.29, 1.82) is 0 Å². The number of methoxy groups -OCH3 is 3. The number of fused-ring (bicyclic) bond motifs is 3. The first-order valence-electron chi connectivity index (χ1n) is 24.3. The van der Waals surface area contributed by atoms with E-state index in [9.17, 15) is 38.2 Å². The first-order valence-corrected chi connectivity index (χ1v) is 27.3. The third kappa shape index (κ3) is 13.4. The molecule has 3 saturated heterocycles. The van der Waals surface area contributed by atoms with E-state index in [2.05, 4.69) is 20.3 Å². The summed E-state index contributed by atoms with van der Waals surface area (Å²) in [6.45, 7) is 7.04. The standard InChI is InChI=1S/C20H26FN3O6S.C15H18FN3O4S.C15H19FN2O2S/c1-19(2,3)30-18(25)22-17-23-20(15-8-13(24(26)27)5-6-16(15)21)11-29-14(9-28-4)7-12(20)10-31-17;1-22-6-11-4-9-7-24-14(17)18-15(9,8-23-11)12-5-10(19(20)21)2-3-13(12)16;1-19-7-11-6-10-8-21-14(17)18-15(10,9-20-11)12-4-2-3-5-13(12)16/h5-6,8,12,14H,7,9-11H2,1-4H3,(H,22,23,25);2-3,5,9,11H,4,6-8H2,1H3,(H2,17,18);2-5,10-11H,6-9H2,1H3,(H2,17,18)/t12-,14+,20-;9-,11+,15-;10-,11+,15-/m000/s1. The molecule has 9 rings (SSSR count). The number of amidine groups is 3. The fourth-order valence-corrected chi connectivity index (χ4v) is 13.4. The highest BCUT2D eigenvalue weighted by Gasteiger charge is 2.53. The normalized spacial score (nSPS) is 28.9. The lowest BCUT2D eigenvalue weighted by atomic mass is 9.75. The first-order chi connectivity index (χ1) is 36.1. The molecule has 414 valence electrons. The van der Waals surface area contributed by atoms with Crippen molar-refractivity contribution in [3.05, 3.63) is 115 Å². The zero-order valence-electron chi connectivity index (χ0n) is 42.9. The fraction of sp³-hybridized carbons (Fsp3) is 0.560. The molecule has 26 heteroatoms. The molecule has 5 N–H and O–H groups in total. The number of aliphatic imine (C=N–C) groups is 3. The molecule has 3 aromatic rings. The Kier molecular flexibility index (Phi) is 19.4. The van der Waals surface area contributed by atoms with Crippen molar-refractivity contribution in [2.75, 3.05) is 78.2 Å². The second-order valence-corrected chi connectivity index (χ2v) is 23.0. The van der Waals surface area contributed by atoms with E-state index in [4.69, 9.17) is 44.6 Å². The molecular formula is C50H63F3N8O12S3. The Morgan fingerprint density at radius 3 is 1.46 bits per heavy atom. The summed E-state index contributed by atoms with van der Waals surface area (Å²) in [5.74, 6) is 0.571. The predicted octanol–water partition coefficient (Wildman–Crippen LogP) is 7.78. The summed E-state index contributed by atoms with van der Waals surface area (Å²) < 4.78 is 82.2. The third-order valence-electron chi connectivity index (χ3n) is 13.8. The Bertz CT molecular complexity index is 2690. The molecule has 76 heavy (non-hydrogen) atoms. The van der Waals surface area contributed by atoms with Crippen LogP contribution in [0.4, 0.5) is 29.3 Å². The number of ether oxygens (including phenoxy) is 7. The molecule has 0 saturated carbocycles. The minimum Gasteiger partial charge on any atom is -0.444 e. The van der Waals surface area contributed by atoms with Crippen LogP contribution in [0.1, 0.15) is 56.7 Å². The van der Waals surface area contributed by atoms with Gasteiger partial charge in [0.1, 0.15) is 39.7 Å². The van der Waals surface area contributed by atoms with E-state index < -0.39 is 49.8 Å². The van der Waals surface area contributed by atoms with Gasteiger partial charge in [0.2, 0.25) is 0 Å². The second-order valence-electron chi connectivity index (χ2n) is 19.9. The second kappa shape index (κ2) is 25.2. The van der Waals surface area contributed by atoms with Crippen LogP contribution in [-0.4, -0.2) is 134 Å².